The van der Waals surface area contributed by atoms with Crippen molar-refractivity contribution in [2.45, 2.75) is 44.9 Å². The van der Waals surface area contributed by atoms with E-state index in [1.807, 2.05) is 0 Å². The molecule has 0 aromatic heterocycles. The molecule has 0 heterocycles. The van der Waals surface area contributed by atoms with Crippen molar-refractivity contribution < 1.29 is 14.3 Å². The number of hydrogen-bond acceptors (Lipinski definition) is 3. The van der Waals surface area contributed by atoms with Crippen molar-refractivity contribution in [2.75, 3.05) is 12.5 Å². The summed E-state index contributed by atoms with van der Waals surface area (Å²) >= 11 is 5.40. The average molecular weight is 285 g/mol. The lowest BCUT2D eigenvalue weighted by Gasteiger charge is -2.56. The van der Waals surface area contributed by atoms with E-state index in [0.29, 0.717) is 6.61 Å². The van der Waals surface area contributed by atoms with E-state index in [-0.39, 0.29) is 23.5 Å². The molecule has 4 bridgehead atoms. The Kier molecular flexibility index (Phi) is 3.59. The molecule has 0 aliphatic heterocycles. The lowest BCUT2D eigenvalue weighted by Crippen LogP contribution is -2.48. The first kappa shape index (κ1) is 13.4. The van der Waals surface area contributed by atoms with Gasteiger partial charge in [0.05, 0.1) is 12.5 Å². The highest BCUT2D eigenvalue weighted by Gasteiger charge is 2.51. The molecule has 0 radical (unpaired) electrons. The van der Waals surface area contributed by atoms with Gasteiger partial charge in [0.25, 0.3) is 0 Å². The summed E-state index contributed by atoms with van der Waals surface area (Å²) in [6.45, 7) is 0.519. The third kappa shape index (κ3) is 2.81. The number of esters is 1. The molecule has 3 nitrogen and oxygen atoms in total. The molecule has 0 spiro atoms. The number of carbonyl (C=O) groups excluding carboxylic acids is 2. The van der Waals surface area contributed by atoms with E-state index in [9.17, 15) is 9.59 Å². The topological polar surface area (TPSA) is 43.4 Å². The molecular weight excluding hydrogens is 264 g/mol. The third-order valence-corrected chi connectivity index (χ3v) is 5.49. The summed E-state index contributed by atoms with van der Waals surface area (Å²) in [4.78, 5) is 22.7. The Balaban J connectivity index is 1.55. The van der Waals surface area contributed by atoms with Crippen molar-refractivity contribution in [3.8, 4) is 0 Å². The summed E-state index contributed by atoms with van der Waals surface area (Å²) in [6.07, 6.45) is 7.64. The van der Waals surface area contributed by atoms with E-state index in [1.165, 1.54) is 38.5 Å². The molecule has 0 amide bonds. The van der Waals surface area contributed by atoms with Crippen molar-refractivity contribution >= 4 is 23.4 Å². The van der Waals surface area contributed by atoms with Crippen molar-refractivity contribution in [3.63, 3.8) is 0 Å². The van der Waals surface area contributed by atoms with Crippen LogP contribution in [0.5, 0.6) is 0 Å². The van der Waals surface area contributed by atoms with Crippen LogP contribution < -0.4 is 0 Å². The smallest absolute Gasteiger partial charge is 0.313 e. The van der Waals surface area contributed by atoms with Gasteiger partial charge in [-0.2, -0.15) is 0 Å². The molecule has 4 aliphatic carbocycles. The van der Waals surface area contributed by atoms with Gasteiger partial charge in [-0.3, -0.25) is 9.59 Å². The number of alkyl halides is 1. The molecule has 106 valence electrons. The van der Waals surface area contributed by atoms with Crippen molar-refractivity contribution in [3.05, 3.63) is 0 Å². The fourth-order valence-electron chi connectivity index (χ4n) is 4.96. The standard InChI is InChI=1S/C15H21ClO3/c16-8-13(17)4-14(18)19-9-15-5-10-1-11(6-15)3-12(2-10)7-15/h10-12H,1-9H2. The van der Waals surface area contributed by atoms with E-state index >= 15 is 0 Å². The predicted octanol–water partition coefficient (Wildman–Crippen LogP) is 2.94. The highest BCUT2D eigenvalue weighted by Crippen LogP contribution is 2.60. The van der Waals surface area contributed by atoms with Crippen LogP contribution in [0.4, 0.5) is 0 Å². The first-order chi connectivity index (χ1) is 9.08. The van der Waals surface area contributed by atoms with Crippen molar-refractivity contribution in [2.24, 2.45) is 23.2 Å². The lowest BCUT2D eigenvalue weighted by atomic mass is 9.50. The van der Waals surface area contributed by atoms with Crippen LogP contribution in [0.25, 0.3) is 0 Å². The van der Waals surface area contributed by atoms with E-state index in [4.69, 9.17) is 16.3 Å². The van der Waals surface area contributed by atoms with Gasteiger partial charge in [0.15, 0.2) is 5.78 Å². The minimum atomic E-state index is -0.401. The molecule has 4 heteroatoms. The maximum atomic E-state index is 11.6. The highest BCUT2D eigenvalue weighted by atomic mass is 35.5. The summed E-state index contributed by atoms with van der Waals surface area (Å²) in [6, 6.07) is 0. The fraction of sp³-hybridized carbons (Fsp3) is 0.867. The molecular formula is C15H21ClO3. The van der Waals surface area contributed by atoms with Gasteiger partial charge >= 0.3 is 5.97 Å². The number of halogens is 1. The van der Waals surface area contributed by atoms with Gasteiger partial charge in [-0.15, -0.1) is 11.6 Å². The molecule has 0 aromatic rings. The molecule has 19 heavy (non-hydrogen) atoms. The first-order valence-electron chi connectivity index (χ1n) is 7.32. The summed E-state index contributed by atoms with van der Waals surface area (Å²) in [5, 5.41) is 0. The van der Waals surface area contributed by atoms with Gasteiger partial charge in [-0.1, -0.05) is 0 Å². The number of carbonyl (C=O) groups is 2. The number of hydrogen-bond donors (Lipinski definition) is 0. The molecule has 0 unspecified atom stereocenters. The Bertz CT molecular complexity index is 356. The normalized spacial score (nSPS) is 39.3. The summed E-state index contributed by atoms with van der Waals surface area (Å²) in [7, 11) is 0. The van der Waals surface area contributed by atoms with E-state index < -0.39 is 5.97 Å². The van der Waals surface area contributed by atoms with E-state index in [1.54, 1.807) is 0 Å². The minimum Gasteiger partial charge on any atom is -0.465 e. The summed E-state index contributed by atoms with van der Waals surface area (Å²) in [5.41, 5.74) is 0.231. The van der Waals surface area contributed by atoms with E-state index in [2.05, 4.69) is 0 Å². The molecule has 4 rings (SSSR count). The van der Waals surface area contributed by atoms with Crippen LogP contribution in [-0.2, 0) is 14.3 Å². The van der Waals surface area contributed by atoms with Crippen molar-refractivity contribution in [1.82, 2.24) is 0 Å². The molecule has 4 aliphatic rings. The molecule has 0 atom stereocenters. The average Bonchev–Trinajstić information content (AvgIpc) is 2.35. The maximum absolute atomic E-state index is 11.6. The van der Waals surface area contributed by atoms with Gasteiger partial charge in [-0.05, 0) is 56.3 Å². The molecule has 0 saturated heterocycles. The van der Waals surface area contributed by atoms with Crippen LogP contribution >= 0.6 is 11.6 Å². The van der Waals surface area contributed by atoms with Crippen LogP contribution in [0, 0.1) is 23.2 Å². The molecule has 0 N–H and O–H groups in total. The quantitative estimate of drug-likeness (QED) is 0.443. The summed E-state index contributed by atoms with van der Waals surface area (Å²) in [5.74, 6) is 1.81. The van der Waals surface area contributed by atoms with Gasteiger partial charge in [0.2, 0.25) is 0 Å². The summed E-state index contributed by atoms with van der Waals surface area (Å²) < 4.78 is 5.38. The number of ketones is 1. The zero-order chi connectivity index (χ0) is 13.5. The zero-order valence-electron chi connectivity index (χ0n) is 11.2. The first-order valence-corrected chi connectivity index (χ1v) is 7.85. The van der Waals surface area contributed by atoms with Crippen molar-refractivity contribution in [1.29, 1.82) is 0 Å². The molecule has 4 saturated carbocycles. The maximum Gasteiger partial charge on any atom is 0.313 e. The Morgan fingerprint density at radius 1 is 1.05 bits per heavy atom. The second-order valence-corrected chi connectivity index (χ2v) is 7.19. The number of rotatable bonds is 5. The Morgan fingerprint density at radius 2 is 1.58 bits per heavy atom. The fourth-order valence-corrected chi connectivity index (χ4v) is 5.05. The largest absolute Gasteiger partial charge is 0.465 e. The lowest BCUT2D eigenvalue weighted by molar-refractivity contribution is -0.156. The second kappa shape index (κ2) is 5.08. The Labute approximate surface area is 119 Å². The Hall–Kier alpha value is -0.570. The highest BCUT2D eigenvalue weighted by molar-refractivity contribution is 6.28. The molecule has 0 aromatic carbocycles. The predicted molar refractivity (Wildman–Crippen MR) is 71.9 cm³/mol. The Morgan fingerprint density at radius 3 is 2.05 bits per heavy atom. The van der Waals surface area contributed by atoms with Crippen LogP contribution in [0.3, 0.4) is 0 Å². The van der Waals surface area contributed by atoms with Gasteiger partial charge in [-0.25, -0.2) is 0 Å². The van der Waals surface area contributed by atoms with Crippen LogP contribution in [0.15, 0.2) is 0 Å². The van der Waals surface area contributed by atoms with Gasteiger partial charge in [0, 0.05) is 5.41 Å². The van der Waals surface area contributed by atoms with Crippen LogP contribution in [0.1, 0.15) is 44.9 Å². The zero-order valence-corrected chi connectivity index (χ0v) is 12.0. The van der Waals surface area contributed by atoms with Gasteiger partial charge < -0.3 is 4.74 Å². The van der Waals surface area contributed by atoms with E-state index in [0.717, 1.165) is 17.8 Å². The number of ether oxygens (including phenoxy) is 1. The van der Waals surface area contributed by atoms with Gasteiger partial charge in [0.1, 0.15) is 6.42 Å². The number of Topliss-reactive ketones (excluding diaryl/α,β-unsaturated/α-hetero) is 1. The molecule has 4 fully saturated rings. The third-order valence-electron chi connectivity index (χ3n) is 5.19. The second-order valence-electron chi connectivity index (χ2n) is 6.93. The SMILES string of the molecule is O=C(CCl)CC(=O)OCC12CC3CC(CC(C3)C1)C2. The minimum absolute atomic E-state index is 0.105. The van der Waals surface area contributed by atoms with Crippen LogP contribution in [-0.4, -0.2) is 24.2 Å². The monoisotopic (exact) mass is 284 g/mol. The van der Waals surface area contributed by atoms with Crippen LogP contribution in [0.2, 0.25) is 0 Å².